The van der Waals surface area contributed by atoms with Gasteiger partial charge in [0, 0.05) is 66.2 Å². The predicted octanol–water partition coefficient (Wildman–Crippen LogP) is 7.68. The number of anilines is 5. The van der Waals surface area contributed by atoms with Gasteiger partial charge in [-0.25, -0.2) is 4.98 Å². The molecule has 0 bridgehead atoms. The molecular formula is C40H37ClN6O4S. The summed E-state index contributed by atoms with van der Waals surface area (Å²) in [6.07, 6.45) is 4.31. The van der Waals surface area contributed by atoms with Gasteiger partial charge in [0.1, 0.15) is 10.7 Å². The van der Waals surface area contributed by atoms with Crippen LogP contribution in [-0.4, -0.2) is 55.6 Å². The van der Waals surface area contributed by atoms with E-state index in [2.05, 4.69) is 20.5 Å². The van der Waals surface area contributed by atoms with Crippen LogP contribution in [0.5, 0.6) is 0 Å². The van der Waals surface area contributed by atoms with Crippen LogP contribution in [-0.2, 0) is 11.2 Å². The number of para-hydroxylation sites is 3. The van der Waals surface area contributed by atoms with Crippen LogP contribution < -0.4 is 26.2 Å². The minimum atomic E-state index is -0.336. The Morgan fingerprint density at radius 2 is 1.67 bits per heavy atom. The molecular weight excluding hydrogens is 696 g/mol. The number of carbonyl (C=O) groups is 3. The third-order valence-corrected chi connectivity index (χ3v) is 12.0. The highest BCUT2D eigenvalue weighted by Crippen LogP contribution is 2.46. The summed E-state index contributed by atoms with van der Waals surface area (Å²) in [6.45, 7) is 5.57. The minimum absolute atomic E-state index is 0.181. The Morgan fingerprint density at radius 3 is 2.44 bits per heavy atom. The number of aromatic nitrogens is 1. The van der Waals surface area contributed by atoms with Crippen LogP contribution in [0.3, 0.4) is 0 Å². The van der Waals surface area contributed by atoms with E-state index >= 15 is 0 Å². The fourth-order valence-corrected chi connectivity index (χ4v) is 8.96. The van der Waals surface area contributed by atoms with E-state index in [4.69, 9.17) is 22.1 Å². The van der Waals surface area contributed by atoms with Gasteiger partial charge in [-0.2, -0.15) is 0 Å². The zero-order valence-corrected chi connectivity index (χ0v) is 30.2. The summed E-state index contributed by atoms with van der Waals surface area (Å²) >= 11 is 8.19. The summed E-state index contributed by atoms with van der Waals surface area (Å²) in [4.78, 5) is 50.9. The standard InChI is InChI=1S/C40H37ClN6O4S/c1-24-20-29(36(43-21-24)46-22-40(23-46)15-18-51-19-16-40)37(48)44-26-12-10-25(11-13-26)39(50)47-17-14-28-33(41)35(38(49)45-31-8-4-3-7-30(31)42)52-34(28)27-6-2-5-9-32(27)47/h2-13,20-21H,14-19,22-23,42H2,1H3,(H,44,48)(H,45,49). The molecule has 12 heteroatoms. The number of nitrogens with two attached hydrogens (primary N) is 1. The summed E-state index contributed by atoms with van der Waals surface area (Å²) in [5.74, 6) is -0.0754. The molecule has 3 aliphatic heterocycles. The molecule has 5 aromatic rings. The van der Waals surface area contributed by atoms with Gasteiger partial charge in [0.25, 0.3) is 17.7 Å². The van der Waals surface area contributed by atoms with Gasteiger partial charge in [-0.05, 0) is 85.8 Å². The van der Waals surface area contributed by atoms with Crippen LogP contribution in [0.4, 0.5) is 28.6 Å². The summed E-state index contributed by atoms with van der Waals surface area (Å²) in [5.41, 5.74) is 12.1. The molecule has 3 aromatic carbocycles. The number of carbonyl (C=O) groups excluding carboxylic acids is 3. The molecule has 3 aliphatic rings. The third-order valence-electron chi connectivity index (χ3n) is 10.2. The van der Waals surface area contributed by atoms with Crippen molar-refractivity contribution in [2.45, 2.75) is 26.2 Å². The maximum absolute atomic E-state index is 14.1. The average molecular weight is 733 g/mol. The maximum atomic E-state index is 14.1. The number of thiophene rings is 1. The lowest BCUT2D eigenvalue weighted by atomic mass is 9.73. The van der Waals surface area contributed by atoms with Crippen LogP contribution in [0, 0.1) is 12.3 Å². The topological polar surface area (TPSA) is 130 Å². The van der Waals surface area contributed by atoms with E-state index in [1.165, 1.54) is 11.3 Å². The number of halogens is 1. The first kappa shape index (κ1) is 33.9. The highest BCUT2D eigenvalue weighted by atomic mass is 35.5. The molecule has 10 nitrogen and oxygen atoms in total. The second-order valence-corrected chi connectivity index (χ2v) is 15.1. The molecule has 0 atom stereocenters. The number of amides is 3. The van der Waals surface area contributed by atoms with Crippen molar-refractivity contribution < 1.29 is 19.1 Å². The molecule has 4 N–H and O–H groups in total. The van der Waals surface area contributed by atoms with E-state index in [-0.39, 0.29) is 23.1 Å². The largest absolute Gasteiger partial charge is 0.397 e. The Balaban J connectivity index is 0.989. The van der Waals surface area contributed by atoms with Gasteiger partial charge in [0.15, 0.2) is 0 Å². The minimum Gasteiger partial charge on any atom is -0.397 e. The molecule has 0 unspecified atom stereocenters. The van der Waals surface area contributed by atoms with Crippen molar-refractivity contribution in [2.75, 3.05) is 59.0 Å². The van der Waals surface area contributed by atoms with Crippen molar-refractivity contribution in [3.8, 4) is 10.4 Å². The Kier molecular flexibility index (Phi) is 8.94. The number of pyridine rings is 1. The van der Waals surface area contributed by atoms with E-state index in [0.29, 0.717) is 56.9 Å². The zero-order valence-electron chi connectivity index (χ0n) is 28.6. The van der Waals surface area contributed by atoms with Crippen molar-refractivity contribution in [2.24, 2.45) is 5.41 Å². The van der Waals surface area contributed by atoms with E-state index in [0.717, 1.165) is 66.4 Å². The van der Waals surface area contributed by atoms with Crippen LogP contribution in [0.2, 0.25) is 5.02 Å². The van der Waals surface area contributed by atoms with Gasteiger partial charge in [-0.1, -0.05) is 41.9 Å². The Labute approximate surface area is 310 Å². The number of aryl methyl sites for hydroxylation is 1. The van der Waals surface area contributed by atoms with Crippen molar-refractivity contribution in [3.05, 3.63) is 117 Å². The summed E-state index contributed by atoms with van der Waals surface area (Å²) < 4.78 is 5.57. The van der Waals surface area contributed by atoms with Crippen LogP contribution in [0.1, 0.15) is 54.4 Å². The van der Waals surface area contributed by atoms with Gasteiger partial charge in [0.05, 0.1) is 27.6 Å². The lowest BCUT2D eigenvalue weighted by Gasteiger charge is -2.53. The van der Waals surface area contributed by atoms with Crippen LogP contribution in [0.25, 0.3) is 10.4 Å². The van der Waals surface area contributed by atoms with Gasteiger partial charge in [0.2, 0.25) is 0 Å². The number of nitrogens with zero attached hydrogens (tertiary/aromatic N) is 3. The summed E-state index contributed by atoms with van der Waals surface area (Å²) in [5, 5.41) is 6.27. The lowest BCUT2D eigenvalue weighted by molar-refractivity contribution is -0.000511. The van der Waals surface area contributed by atoms with Crippen molar-refractivity contribution in [1.29, 1.82) is 0 Å². The first-order valence-electron chi connectivity index (χ1n) is 17.3. The second kappa shape index (κ2) is 13.7. The van der Waals surface area contributed by atoms with Gasteiger partial charge in [-0.15, -0.1) is 11.3 Å². The van der Waals surface area contributed by atoms with Crippen molar-refractivity contribution >= 4 is 69.2 Å². The summed E-state index contributed by atoms with van der Waals surface area (Å²) in [7, 11) is 0. The van der Waals surface area contributed by atoms with Crippen LogP contribution in [0.15, 0.2) is 85.1 Å². The monoisotopic (exact) mass is 732 g/mol. The quantitative estimate of drug-likeness (QED) is 0.153. The fourth-order valence-electron chi connectivity index (χ4n) is 7.34. The molecule has 52 heavy (non-hydrogen) atoms. The predicted molar refractivity (Wildman–Crippen MR) is 207 cm³/mol. The molecule has 0 aliphatic carbocycles. The molecule has 3 amide bonds. The number of ether oxygens (including phenoxy) is 1. The SMILES string of the molecule is Cc1cnc(N2CC3(CCOCC3)C2)c(C(=O)Nc2ccc(C(=O)N3CCc4c(sc(C(=O)Nc5ccccc5N)c4Cl)-c4ccccc43)cc2)c1. The summed E-state index contributed by atoms with van der Waals surface area (Å²) in [6, 6.07) is 23.5. The molecule has 1 spiro atoms. The molecule has 2 aromatic heterocycles. The second-order valence-electron chi connectivity index (χ2n) is 13.7. The first-order chi connectivity index (χ1) is 25.2. The average Bonchev–Trinajstić information content (AvgIpc) is 3.38. The Bertz CT molecular complexity index is 2210. The Morgan fingerprint density at radius 1 is 0.942 bits per heavy atom. The van der Waals surface area contributed by atoms with Gasteiger partial charge < -0.3 is 30.9 Å². The van der Waals surface area contributed by atoms with E-state index in [9.17, 15) is 14.4 Å². The third kappa shape index (κ3) is 6.29. The molecule has 2 fully saturated rings. The molecule has 8 rings (SSSR count). The van der Waals surface area contributed by atoms with Gasteiger partial charge >= 0.3 is 0 Å². The van der Waals surface area contributed by atoms with E-state index in [1.54, 1.807) is 59.6 Å². The number of nitrogen functional groups attached to an aromatic ring is 1. The molecule has 264 valence electrons. The van der Waals surface area contributed by atoms with Crippen molar-refractivity contribution in [3.63, 3.8) is 0 Å². The van der Waals surface area contributed by atoms with Gasteiger partial charge in [-0.3, -0.25) is 14.4 Å². The molecule has 0 radical (unpaired) electrons. The smallest absolute Gasteiger partial charge is 0.267 e. The maximum Gasteiger partial charge on any atom is 0.267 e. The fraction of sp³-hybridized carbons (Fsp3) is 0.250. The number of hydrogen-bond donors (Lipinski definition) is 3. The highest BCUT2D eigenvalue weighted by Gasteiger charge is 2.45. The van der Waals surface area contributed by atoms with Crippen molar-refractivity contribution in [1.82, 2.24) is 4.98 Å². The normalized spacial score (nSPS) is 16.0. The van der Waals surface area contributed by atoms with Crippen LogP contribution >= 0.6 is 22.9 Å². The molecule has 2 saturated heterocycles. The molecule has 5 heterocycles. The lowest BCUT2D eigenvalue weighted by Crippen LogP contribution is -2.59. The Hall–Kier alpha value is -5.23. The zero-order chi connectivity index (χ0) is 36.0. The van der Waals surface area contributed by atoms with E-state index < -0.39 is 0 Å². The number of benzene rings is 3. The van der Waals surface area contributed by atoms with E-state index in [1.807, 2.05) is 37.3 Å². The highest BCUT2D eigenvalue weighted by molar-refractivity contribution is 7.18. The number of fused-ring (bicyclic) bond motifs is 3. The molecule has 0 saturated carbocycles. The number of hydrogen-bond acceptors (Lipinski definition) is 8. The first-order valence-corrected chi connectivity index (χ1v) is 18.5. The number of rotatable bonds is 6. The number of nitrogens with one attached hydrogen (secondary N) is 2.